The smallest absolute Gasteiger partial charge is 0.247 e. The van der Waals surface area contributed by atoms with Crippen LogP contribution in [-0.2, 0) is 25.7 Å². The molecule has 1 N–H and O–H groups in total. The first-order valence-electron chi connectivity index (χ1n) is 14.7. The van der Waals surface area contributed by atoms with Gasteiger partial charge in [-0.2, -0.15) is 0 Å². The SMILES string of the molecule is C=CCN(CCN1CCOCC1)C(=O)C1N(CCO)C(=O)[C@@H]2[C@H](C(=O)N(CC=C)Cc3ccccc3)[C@H]3SC12CC3Br. The van der Waals surface area contributed by atoms with Gasteiger partial charge in [-0.15, -0.1) is 24.9 Å². The average molecular weight is 662 g/mol. The van der Waals surface area contributed by atoms with Gasteiger partial charge >= 0.3 is 0 Å². The molecule has 1 spiro atoms. The molecule has 4 fully saturated rings. The lowest BCUT2D eigenvalue weighted by atomic mass is 9.70. The van der Waals surface area contributed by atoms with Crippen molar-refractivity contribution in [3.8, 4) is 0 Å². The van der Waals surface area contributed by atoms with E-state index >= 15 is 0 Å². The fraction of sp³-hybridized carbons (Fsp3) is 0.581. The van der Waals surface area contributed by atoms with Gasteiger partial charge in [0.25, 0.3) is 0 Å². The number of hydrogen-bond donors (Lipinski definition) is 1. The Kier molecular flexibility index (Phi) is 10.1. The summed E-state index contributed by atoms with van der Waals surface area (Å²) >= 11 is 5.47. The maximum Gasteiger partial charge on any atom is 0.247 e. The van der Waals surface area contributed by atoms with Crippen LogP contribution in [0.5, 0.6) is 0 Å². The number of nitrogens with zero attached hydrogens (tertiary/aromatic N) is 4. The first-order chi connectivity index (χ1) is 20.4. The molecule has 0 saturated carbocycles. The molecule has 1 aromatic carbocycles. The van der Waals surface area contributed by atoms with E-state index in [9.17, 15) is 19.5 Å². The number of benzene rings is 1. The second-order valence-corrected chi connectivity index (χ2v) is 14.2. The Balaban J connectivity index is 1.44. The van der Waals surface area contributed by atoms with E-state index in [0.29, 0.717) is 52.4 Å². The molecule has 0 aromatic heterocycles. The highest BCUT2D eigenvalue weighted by Crippen LogP contribution is 2.68. The number of alkyl halides is 1. The number of amides is 3. The van der Waals surface area contributed by atoms with Crippen molar-refractivity contribution in [2.75, 3.05) is 65.6 Å². The molecular formula is C31H41BrN4O5S. The molecule has 228 valence electrons. The lowest BCUT2D eigenvalue weighted by molar-refractivity contribution is -0.145. The van der Waals surface area contributed by atoms with Crippen LogP contribution in [0.2, 0.25) is 0 Å². The van der Waals surface area contributed by atoms with Gasteiger partial charge in [0.05, 0.1) is 36.4 Å². The quantitative estimate of drug-likeness (QED) is 0.256. The zero-order valence-corrected chi connectivity index (χ0v) is 26.4. The van der Waals surface area contributed by atoms with Crippen LogP contribution in [0.1, 0.15) is 12.0 Å². The fourth-order valence-corrected chi connectivity index (χ4v) is 10.7. The van der Waals surface area contributed by atoms with Gasteiger partial charge in [-0.3, -0.25) is 19.3 Å². The average Bonchev–Trinajstić information content (AvgIpc) is 3.59. The van der Waals surface area contributed by atoms with Crippen LogP contribution in [0.25, 0.3) is 0 Å². The van der Waals surface area contributed by atoms with Crippen LogP contribution in [0, 0.1) is 11.8 Å². The fourth-order valence-electron chi connectivity index (χ4n) is 7.15. The summed E-state index contributed by atoms with van der Waals surface area (Å²) in [6.07, 6.45) is 4.03. The first kappa shape index (κ1) is 31.3. The molecule has 6 atom stereocenters. The molecule has 9 nitrogen and oxygen atoms in total. The second kappa shape index (κ2) is 13.6. The number of β-amino-alcohol motifs (C(OH)–C–C–N with tert-alkyl or cyclic N) is 1. The molecule has 4 aliphatic rings. The maximum atomic E-state index is 14.4. The normalized spacial score (nSPS) is 30.3. The van der Waals surface area contributed by atoms with Gasteiger partial charge in [-0.25, -0.2) is 0 Å². The minimum absolute atomic E-state index is 0.0200. The summed E-state index contributed by atoms with van der Waals surface area (Å²) in [6.45, 7) is 12.9. The van der Waals surface area contributed by atoms with Crippen LogP contribution in [0.4, 0.5) is 0 Å². The Morgan fingerprint density at radius 1 is 1.10 bits per heavy atom. The van der Waals surface area contributed by atoms with Crippen LogP contribution >= 0.6 is 27.7 Å². The second-order valence-electron chi connectivity index (χ2n) is 11.4. The number of hydrogen-bond acceptors (Lipinski definition) is 7. The predicted molar refractivity (Wildman–Crippen MR) is 167 cm³/mol. The van der Waals surface area contributed by atoms with Gasteiger partial charge in [-0.1, -0.05) is 58.4 Å². The lowest BCUT2D eigenvalue weighted by Crippen LogP contribution is -2.57. The standard InChI is InChI=1S/C31H41BrN4O5S/c1-3-10-34(13-12-33-15-18-41-19-16-33)30(40)27-31-20-23(32)26(42-31)24(25(31)29(39)36(27)14-17-37)28(38)35(11-4-2)21-22-8-6-5-7-9-22/h3-9,23-27,37H,1-2,10-21H2/t23?,24-,25-,26-,27?,31?/m0/s1. The molecule has 42 heavy (non-hydrogen) atoms. The Morgan fingerprint density at radius 3 is 2.45 bits per heavy atom. The summed E-state index contributed by atoms with van der Waals surface area (Å²) in [5, 5.41) is 9.85. The van der Waals surface area contributed by atoms with Gasteiger partial charge in [0.1, 0.15) is 6.04 Å². The summed E-state index contributed by atoms with van der Waals surface area (Å²) in [5.41, 5.74) is 1.00. The highest BCUT2D eigenvalue weighted by atomic mass is 79.9. The van der Waals surface area contributed by atoms with Crippen molar-refractivity contribution in [3.63, 3.8) is 0 Å². The third-order valence-electron chi connectivity index (χ3n) is 8.98. The summed E-state index contributed by atoms with van der Waals surface area (Å²) < 4.78 is 4.71. The van der Waals surface area contributed by atoms with E-state index in [1.165, 1.54) is 0 Å². The molecular weight excluding hydrogens is 620 g/mol. The Morgan fingerprint density at radius 2 is 1.79 bits per heavy atom. The van der Waals surface area contributed by atoms with Crippen LogP contribution in [-0.4, -0.2) is 129 Å². The lowest BCUT2D eigenvalue weighted by Gasteiger charge is -2.39. The third kappa shape index (κ3) is 5.83. The van der Waals surface area contributed by atoms with Gasteiger partial charge in [0, 0.05) is 62.4 Å². The zero-order valence-electron chi connectivity index (χ0n) is 24.0. The monoisotopic (exact) mass is 660 g/mol. The van der Waals surface area contributed by atoms with E-state index in [0.717, 1.165) is 18.7 Å². The predicted octanol–water partition coefficient (Wildman–Crippen LogP) is 2.00. The summed E-state index contributed by atoms with van der Waals surface area (Å²) in [6, 6.07) is 9.03. The molecule has 5 rings (SSSR count). The summed E-state index contributed by atoms with van der Waals surface area (Å²) in [5.74, 6) is -1.65. The number of halogens is 1. The number of thioether (sulfide) groups is 1. The Hall–Kier alpha value is -2.18. The molecule has 0 aliphatic carbocycles. The molecule has 3 unspecified atom stereocenters. The van der Waals surface area contributed by atoms with Crippen molar-refractivity contribution in [3.05, 3.63) is 61.2 Å². The number of carbonyl (C=O) groups is 3. The molecule has 4 saturated heterocycles. The largest absolute Gasteiger partial charge is 0.395 e. The van der Waals surface area contributed by atoms with E-state index in [1.54, 1.807) is 38.6 Å². The molecule has 1 aromatic rings. The van der Waals surface area contributed by atoms with Gasteiger partial charge in [0.2, 0.25) is 17.7 Å². The number of aliphatic hydroxyl groups is 1. The van der Waals surface area contributed by atoms with Gasteiger partial charge in [0.15, 0.2) is 0 Å². The number of carbonyl (C=O) groups excluding carboxylic acids is 3. The van der Waals surface area contributed by atoms with Crippen molar-refractivity contribution in [1.82, 2.24) is 19.6 Å². The summed E-state index contributed by atoms with van der Waals surface area (Å²) in [4.78, 5) is 50.3. The molecule has 0 radical (unpaired) electrons. The number of morpholine rings is 1. The molecule has 2 bridgehead atoms. The van der Waals surface area contributed by atoms with Crippen LogP contribution < -0.4 is 0 Å². The van der Waals surface area contributed by atoms with Crippen molar-refractivity contribution in [2.24, 2.45) is 11.8 Å². The number of aliphatic hydroxyl groups excluding tert-OH is 1. The van der Waals surface area contributed by atoms with E-state index < -0.39 is 22.6 Å². The van der Waals surface area contributed by atoms with E-state index in [4.69, 9.17) is 4.74 Å². The molecule has 3 amide bonds. The van der Waals surface area contributed by atoms with E-state index in [1.807, 2.05) is 30.3 Å². The van der Waals surface area contributed by atoms with Crippen molar-refractivity contribution >= 4 is 45.4 Å². The van der Waals surface area contributed by atoms with Gasteiger partial charge < -0.3 is 24.5 Å². The Bertz CT molecular complexity index is 1170. The van der Waals surface area contributed by atoms with E-state index in [-0.39, 0.29) is 41.0 Å². The first-order valence-corrected chi connectivity index (χ1v) is 16.5. The number of fused-ring (bicyclic) bond motifs is 1. The summed E-state index contributed by atoms with van der Waals surface area (Å²) in [7, 11) is 0. The third-order valence-corrected chi connectivity index (χ3v) is 12.2. The number of ether oxygens (including phenoxy) is 1. The van der Waals surface area contributed by atoms with Gasteiger partial charge in [-0.05, 0) is 12.0 Å². The Labute approximate surface area is 261 Å². The highest BCUT2D eigenvalue weighted by molar-refractivity contribution is 9.09. The van der Waals surface area contributed by atoms with Crippen molar-refractivity contribution in [2.45, 2.75) is 33.8 Å². The van der Waals surface area contributed by atoms with Crippen molar-refractivity contribution < 1.29 is 24.2 Å². The molecule has 4 aliphatic heterocycles. The molecule has 11 heteroatoms. The zero-order chi connectivity index (χ0) is 29.9. The topological polar surface area (TPSA) is 93.6 Å². The van der Waals surface area contributed by atoms with Crippen LogP contribution in [0.15, 0.2) is 55.6 Å². The van der Waals surface area contributed by atoms with Crippen LogP contribution in [0.3, 0.4) is 0 Å². The minimum Gasteiger partial charge on any atom is -0.395 e. The minimum atomic E-state index is -0.762. The number of rotatable bonds is 13. The molecule has 4 heterocycles. The van der Waals surface area contributed by atoms with E-state index in [2.05, 4.69) is 34.0 Å². The van der Waals surface area contributed by atoms with Crippen molar-refractivity contribution in [1.29, 1.82) is 0 Å². The number of likely N-dealkylation sites (tertiary alicyclic amines) is 1. The highest BCUT2D eigenvalue weighted by Gasteiger charge is 2.76. The maximum absolute atomic E-state index is 14.4.